The van der Waals surface area contributed by atoms with Gasteiger partial charge in [-0.2, -0.15) is 18.3 Å². The lowest BCUT2D eigenvalue weighted by Crippen LogP contribution is -2.64. The summed E-state index contributed by atoms with van der Waals surface area (Å²) in [6, 6.07) is 12.1. The number of halogens is 3. The number of primary amides is 1. The molecule has 2 unspecified atom stereocenters. The molecule has 42 heavy (non-hydrogen) atoms. The van der Waals surface area contributed by atoms with Crippen LogP contribution in [0.15, 0.2) is 54.7 Å². The molecule has 0 spiro atoms. The maximum Gasteiger partial charge on any atom is 0.408 e. The fourth-order valence-corrected chi connectivity index (χ4v) is 5.14. The molecule has 12 nitrogen and oxygen atoms in total. The quantitative estimate of drug-likeness (QED) is 0.271. The number of piperazine rings is 1. The zero-order chi connectivity index (χ0) is 29.4. The minimum Gasteiger partial charge on any atom is -0.377 e. The molecule has 2 aromatic heterocycles. The Kier molecular flexibility index (Phi) is 7.12. The standard InChI is InChI=1S/C27H26F3N9O3/c28-27(29,30)14-38-24-21(11-33-38)25(39-19-9-32-10-20(39)13-42-12-19)37-23(36-24)16-3-7-18(8-4-16)35-26(41)34-17-5-1-15(2-6-17)22(31)40/h1-8,11,19-20,32H,9-10,12-14H2,(H2,31,40)(H2,34,35,41). The number of aromatic nitrogens is 4. The van der Waals surface area contributed by atoms with Gasteiger partial charge in [-0.1, -0.05) is 0 Å². The third-order valence-electron chi connectivity index (χ3n) is 7.05. The molecule has 5 N–H and O–H groups in total. The molecule has 6 rings (SSSR count). The van der Waals surface area contributed by atoms with E-state index in [1.807, 2.05) is 0 Å². The summed E-state index contributed by atoms with van der Waals surface area (Å²) in [7, 11) is 0. The number of alkyl halides is 3. The zero-order valence-corrected chi connectivity index (χ0v) is 22.1. The number of ether oxygens (including phenoxy) is 1. The molecule has 4 heterocycles. The molecular weight excluding hydrogens is 555 g/mol. The van der Waals surface area contributed by atoms with E-state index in [1.54, 1.807) is 36.4 Å². The highest BCUT2D eigenvalue weighted by molar-refractivity contribution is 6.00. The largest absolute Gasteiger partial charge is 0.408 e. The molecule has 0 radical (unpaired) electrons. The van der Waals surface area contributed by atoms with Gasteiger partial charge in [-0.25, -0.2) is 19.4 Å². The van der Waals surface area contributed by atoms with Gasteiger partial charge in [-0.3, -0.25) is 4.79 Å². The molecule has 2 saturated heterocycles. The van der Waals surface area contributed by atoms with Crippen LogP contribution in [0.1, 0.15) is 10.4 Å². The van der Waals surface area contributed by atoms with Crippen molar-refractivity contribution < 1.29 is 27.5 Å². The van der Waals surface area contributed by atoms with Crippen LogP contribution in [0, 0.1) is 0 Å². The van der Waals surface area contributed by atoms with Crippen LogP contribution in [0.2, 0.25) is 0 Å². The Bertz CT molecular complexity index is 1600. The van der Waals surface area contributed by atoms with E-state index < -0.39 is 24.7 Å². The summed E-state index contributed by atoms with van der Waals surface area (Å²) in [4.78, 5) is 35.1. The number of carbonyl (C=O) groups is 2. The van der Waals surface area contributed by atoms with Crippen LogP contribution in [0.4, 0.5) is 35.2 Å². The number of hydrogen-bond donors (Lipinski definition) is 4. The average molecular weight is 582 g/mol. The van der Waals surface area contributed by atoms with Crippen LogP contribution in [-0.4, -0.2) is 76.2 Å². The lowest BCUT2D eigenvalue weighted by molar-refractivity contribution is -0.141. The highest BCUT2D eigenvalue weighted by atomic mass is 19.4. The van der Waals surface area contributed by atoms with E-state index in [0.29, 0.717) is 60.0 Å². The monoisotopic (exact) mass is 581 g/mol. The maximum absolute atomic E-state index is 13.4. The van der Waals surface area contributed by atoms with Crippen molar-refractivity contribution in [1.82, 2.24) is 25.1 Å². The number of hydrogen-bond acceptors (Lipinski definition) is 8. The third kappa shape index (κ3) is 5.69. The first-order chi connectivity index (χ1) is 20.1. The van der Waals surface area contributed by atoms with Crippen molar-refractivity contribution in [2.75, 3.05) is 41.8 Å². The van der Waals surface area contributed by atoms with E-state index in [9.17, 15) is 22.8 Å². The first-order valence-electron chi connectivity index (χ1n) is 13.1. The predicted molar refractivity (Wildman–Crippen MR) is 148 cm³/mol. The third-order valence-corrected chi connectivity index (χ3v) is 7.05. The SMILES string of the molecule is NC(=O)c1ccc(NC(=O)Nc2ccc(-c3nc(N4C5CNCC4COC5)c4cnn(CC(F)(F)F)c4n3)cc2)cc1. The summed E-state index contributed by atoms with van der Waals surface area (Å²) >= 11 is 0. The molecule has 2 aromatic carbocycles. The van der Waals surface area contributed by atoms with E-state index in [0.717, 1.165) is 4.68 Å². The number of carbonyl (C=O) groups excluding carboxylic acids is 2. The fraction of sp³-hybridized carbons (Fsp3) is 0.296. The molecule has 2 aliphatic heterocycles. The summed E-state index contributed by atoms with van der Waals surface area (Å²) in [6.07, 6.45) is -3.10. The topological polar surface area (TPSA) is 152 Å². The van der Waals surface area contributed by atoms with Crippen LogP contribution < -0.4 is 26.6 Å². The second-order valence-electron chi connectivity index (χ2n) is 10.0. The normalized spacial score (nSPS) is 18.6. The number of amides is 3. The van der Waals surface area contributed by atoms with Gasteiger partial charge < -0.3 is 31.3 Å². The minimum absolute atomic E-state index is 0.0495. The lowest BCUT2D eigenvalue weighted by atomic mass is 10.1. The summed E-state index contributed by atoms with van der Waals surface area (Å²) in [5, 5.41) is 13.2. The van der Waals surface area contributed by atoms with Crippen molar-refractivity contribution >= 4 is 40.2 Å². The first-order valence-corrected chi connectivity index (χ1v) is 13.1. The summed E-state index contributed by atoms with van der Waals surface area (Å²) in [5.41, 5.74) is 7.09. The van der Waals surface area contributed by atoms with Gasteiger partial charge in [-0.15, -0.1) is 0 Å². The van der Waals surface area contributed by atoms with Gasteiger partial charge in [-0.05, 0) is 48.5 Å². The number of fused-ring (bicyclic) bond motifs is 3. The van der Waals surface area contributed by atoms with Gasteiger partial charge >= 0.3 is 12.2 Å². The number of urea groups is 1. The Balaban J connectivity index is 1.28. The van der Waals surface area contributed by atoms with Crippen molar-refractivity contribution in [2.45, 2.75) is 24.8 Å². The number of nitrogens with zero attached hydrogens (tertiary/aromatic N) is 5. The molecular formula is C27H26F3N9O3. The van der Waals surface area contributed by atoms with Gasteiger partial charge in [0.2, 0.25) is 5.91 Å². The van der Waals surface area contributed by atoms with Crippen LogP contribution in [0.5, 0.6) is 0 Å². The van der Waals surface area contributed by atoms with Crippen molar-refractivity contribution in [3.8, 4) is 11.4 Å². The zero-order valence-electron chi connectivity index (χ0n) is 22.1. The van der Waals surface area contributed by atoms with Crippen LogP contribution in [0.3, 0.4) is 0 Å². The Morgan fingerprint density at radius 3 is 2.19 bits per heavy atom. The van der Waals surface area contributed by atoms with E-state index >= 15 is 0 Å². The molecule has 4 aromatic rings. The fourth-order valence-electron chi connectivity index (χ4n) is 5.14. The molecule has 2 aliphatic rings. The molecule has 3 amide bonds. The van der Waals surface area contributed by atoms with Crippen molar-refractivity contribution in [3.63, 3.8) is 0 Å². The number of anilines is 3. The smallest absolute Gasteiger partial charge is 0.377 e. The van der Waals surface area contributed by atoms with Crippen molar-refractivity contribution in [2.24, 2.45) is 5.73 Å². The number of morpholine rings is 1. The molecule has 0 aliphatic carbocycles. The van der Waals surface area contributed by atoms with Gasteiger partial charge in [0.25, 0.3) is 0 Å². The summed E-state index contributed by atoms with van der Waals surface area (Å²) < 4.78 is 46.6. The summed E-state index contributed by atoms with van der Waals surface area (Å²) in [5.74, 6) is 0.160. The van der Waals surface area contributed by atoms with Crippen LogP contribution in [0.25, 0.3) is 22.4 Å². The van der Waals surface area contributed by atoms with E-state index in [4.69, 9.17) is 15.5 Å². The Morgan fingerprint density at radius 1 is 0.976 bits per heavy atom. The number of rotatable bonds is 6. The molecule has 2 fully saturated rings. The van der Waals surface area contributed by atoms with E-state index in [2.05, 4.69) is 30.9 Å². The molecule has 15 heteroatoms. The number of benzene rings is 2. The Labute approximate surface area is 237 Å². The number of nitrogens with one attached hydrogen (secondary N) is 3. The highest BCUT2D eigenvalue weighted by Crippen LogP contribution is 2.33. The minimum atomic E-state index is -4.48. The second-order valence-corrected chi connectivity index (χ2v) is 10.0. The highest BCUT2D eigenvalue weighted by Gasteiger charge is 2.38. The maximum atomic E-state index is 13.4. The molecule has 0 saturated carbocycles. The summed E-state index contributed by atoms with van der Waals surface area (Å²) in [6.45, 7) is 0.919. The van der Waals surface area contributed by atoms with E-state index in [1.165, 1.54) is 18.3 Å². The van der Waals surface area contributed by atoms with Gasteiger partial charge in [0.05, 0.1) is 36.9 Å². The first kappa shape index (κ1) is 27.4. The Morgan fingerprint density at radius 2 is 1.60 bits per heavy atom. The van der Waals surface area contributed by atoms with Crippen LogP contribution in [-0.2, 0) is 11.3 Å². The van der Waals surface area contributed by atoms with Gasteiger partial charge in [0.15, 0.2) is 11.5 Å². The van der Waals surface area contributed by atoms with Gasteiger partial charge in [0.1, 0.15) is 12.4 Å². The molecule has 218 valence electrons. The molecule has 2 bridgehead atoms. The Hall–Kier alpha value is -4.76. The predicted octanol–water partition coefficient (Wildman–Crippen LogP) is 2.98. The second kappa shape index (κ2) is 10.9. The van der Waals surface area contributed by atoms with Crippen LogP contribution >= 0.6 is 0 Å². The number of nitrogens with two attached hydrogens (primary N) is 1. The van der Waals surface area contributed by atoms with Crippen molar-refractivity contribution in [1.29, 1.82) is 0 Å². The lowest BCUT2D eigenvalue weighted by Gasteiger charge is -2.46. The van der Waals surface area contributed by atoms with Crippen molar-refractivity contribution in [3.05, 3.63) is 60.3 Å². The van der Waals surface area contributed by atoms with Gasteiger partial charge in [0, 0.05) is 35.6 Å². The molecule has 2 atom stereocenters. The average Bonchev–Trinajstić information content (AvgIpc) is 3.34. The van der Waals surface area contributed by atoms with E-state index in [-0.39, 0.29) is 23.6 Å².